The number of ether oxygens (including phenoxy) is 1. The number of likely N-dealkylation sites (tertiary alicyclic amines) is 1. The van der Waals surface area contributed by atoms with Gasteiger partial charge in [0.1, 0.15) is 5.60 Å². The highest BCUT2D eigenvalue weighted by Crippen LogP contribution is 2.38. The number of carbonyl (C=O) groups is 3. The summed E-state index contributed by atoms with van der Waals surface area (Å²) in [7, 11) is 0. The van der Waals surface area contributed by atoms with Gasteiger partial charge in [0.05, 0.1) is 0 Å². The minimum absolute atomic E-state index is 0.0181. The van der Waals surface area contributed by atoms with Gasteiger partial charge < -0.3 is 20.3 Å². The molecule has 30 heavy (non-hydrogen) atoms. The van der Waals surface area contributed by atoms with Gasteiger partial charge in [-0.2, -0.15) is 0 Å². The molecule has 3 amide bonds. The maximum Gasteiger partial charge on any atom is 0.407 e. The average Bonchev–Trinajstić information content (AvgIpc) is 3.42. The first-order chi connectivity index (χ1) is 14.1. The molecule has 2 N–H and O–H groups in total. The highest BCUT2D eigenvalue weighted by Gasteiger charge is 2.39. The van der Waals surface area contributed by atoms with E-state index in [0.29, 0.717) is 30.3 Å². The van der Waals surface area contributed by atoms with Crippen molar-refractivity contribution < 1.29 is 19.1 Å². The third-order valence-corrected chi connectivity index (χ3v) is 5.59. The van der Waals surface area contributed by atoms with Crippen LogP contribution in [0.25, 0.3) is 0 Å². The predicted octanol–water partition coefficient (Wildman–Crippen LogP) is 3.80. The first-order valence-corrected chi connectivity index (χ1v) is 10.8. The van der Waals surface area contributed by atoms with Gasteiger partial charge in [-0.25, -0.2) is 4.79 Å². The molecule has 3 rings (SSSR count). The van der Waals surface area contributed by atoms with E-state index in [-0.39, 0.29) is 23.8 Å². The molecule has 0 radical (unpaired) electrons. The molecule has 1 aromatic rings. The van der Waals surface area contributed by atoms with E-state index in [1.165, 1.54) is 0 Å². The smallest absolute Gasteiger partial charge is 0.407 e. The van der Waals surface area contributed by atoms with E-state index >= 15 is 0 Å². The minimum atomic E-state index is -0.560. The third-order valence-electron chi connectivity index (χ3n) is 5.59. The second-order valence-corrected chi connectivity index (χ2v) is 9.42. The van der Waals surface area contributed by atoms with Crippen LogP contribution in [0.15, 0.2) is 24.3 Å². The van der Waals surface area contributed by atoms with Crippen molar-refractivity contribution in [3.05, 3.63) is 29.8 Å². The molecule has 3 unspecified atom stereocenters. The first-order valence-electron chi connectivity index (χ1n) is 10.8. The number of alkyl carbamates (subject to hydrolysis) is 1. The molecule has 0 bridgehead atoms. The fourth-order valence-corrected chi connectivity index (χ4v) is 3.81. The normalized spacial score (nSPS) is 23.5. The Morgan fingerprint density at radius 1 is 1.20 bits per heavy atom. The van der Waals surface area contributed by atoms with Crippen LogP contribution in [-0.4, -0.2) is 47.5 Å². The van der Waals surface area contributed by atoms with Crippen molar-refractivity contribution in [2.75, 3.05) is 18.4 Å². The summed E-state index contributed by atoms with van der Waals surface area (Å²) in [6, 6.07) is 7.02. The van der Waals surface area contributed by atoms with Gasteiger partial charge in [0.15, 0.2) is 0 Å². The third kappa shape index (κ3) is 5.97. The van der Waals surface area contributed by atoms with Gasteiger partial charge in [-0.3, -0.25) is 9.59 Å². The number of amides is 3. The van der Waals surface area contributed by atoms with E-state index < -0.39 is 11.7 Å². The Hall–Kier alpha value is -2.57. The van der Waals surface area contributed by atoms with Gasteiger partial charge in [0.25, 0.3) is 5.91 Å². The van der Waals surface area contributed by atoms with E-state index in [1.807, 2.05) is 25.7 Å². The zero-order valence-corrected chi connectivity index (χ0v) is 18.4. The zero-order valence-electron chi connectivity index (χ0n) is 18.4. The number of piperidine rings is 1. The monoisotopic (exact) mass is 415 g/mol. The highest BCUT2D eigenvalue weighted by atomic mass is 16.6. The number of benzene rings is 1. The Morgan fingerprint density at radius 2 is 1.93 bits per heavy atom. The van der Waals surface area contributed by atoms with Crippen molar-refractivity contribution in [2.24, 2.45) is 11.8 Å². The maximum absolute atomic E-state index is 13.2. The fourth-order valence-electron chi connectivity index (χ4n) is 3.81. The molecule has 0 spiro atoms. The first kappa shape index (κ1) is 22.1. The molecule has 1 aliphatic carbocycles. The van der Waals surface area contributed by atoms with E-state index in [0.717, 1.165) is 25.7 Å². The number of nitrogens with one attached hydrogen (secondary N) is 2. The molecule has 7 heteroatoms. The number of hydrogen-bond donors (Lipinski definition) is 2. The summed E-state index contributed by atoms with van der Waals surface area (Å²) in [5.41, 5.74) is 0.626. The van der Waals surface area contributed by atoms with Gasteiger partial charge in [-0.1, -0.05) is 13.0 Å². The van der Waals surface area contributed by atoms with Crippen LogP contribution in [0.2, 0.25) is 0 Å². The van der Waals surface area contributed by atoms with Gasteiger partial charge in [-0.05, 0) is 70.6 Å². The molecule has 1 aromatic carbocycles. The summed E-state index contributed by atoms with van der Waals surface area (Å²) >= 11 is 0. The van der Waals surface area contributed by atoms with Gasteiger partial charge in [0.2, 0.25) is 5.91 Å². The molecule has 7 nitrogen and oxygen atoms in total. The van der Waals surface area contributed by atoms with Crippen LogP contribution in [-0.2, 0) is 9.53 Å². The molecule has 164 valence electrons. The number of nitrogens with zero attached hydrogens (tertiary/aromatic N) is 1. The predicted molar refractivity (Wildman–Crippen MR) is 115 cm³/mol. The van der Waals surface area contributed by atoms with Crippen molar-refractivity contribution in [1.82, 2.24) is 10.2 Å². The van der Waals surface area contributed by atoms with Gasteiger partial charge in [-0.15, -0.1) is 0 Å². The van der Waals surface area contributed by atoms with Crippen LogP contribution in [0, 0.1) is 11.8 Å². The summed E-state index contributed by atoms with van der Waals surface area (Å²) < 4.78 is 5.30. The standard InChI is InChI=1S/C23H33N3O4/c1-15-12-19(15)20(27)25-17-9-7-8-16(13-17)21(28)26-11-6-5-10-18(26)14-24-22(29)30-23(2,3)4/h7-9,13,15,18-19H,5-6,10-12,14H2,1-4H3,(H,24,29)(H,25,27). The van der Waals surface area contributed by atoms with Crippen molar-refractivity contribution >= 4 is 23.6 Å². The Labute approximate surface area is 178 Å². The lowest BCUT2D eigenvalue weighted by atomic mass is 10.0. The molecule has 1 aliphatic heterocycles. The SMILES string of the molecule is CC1CC1C(=O)Nc1cccc(C(=O)N2CCCCC2CNC(=O)OC(C)(C)C)c1. The van der Waals surface area contributed by atoms with E-state index in [4.69, 9.17) is 4.74 Å². The Bertz CT molecular complexity index is 802. The summed E-state index contributed by atoms with van der Waals surface area (Å²) in [6.07, 6.45) is 3.23. The second-order valence-electron chi connectivity index (χ2n) is 9.42. The van der Waals surface area contributed by atoms with Gasteiger partial charge >= 0.3 is 6.09 Å². The van der Waals surface area contributed by atoms with Crippen LogP contribution in [0.1, 0.15) is 63.7 Å². The Morgan fingerprint density at radius 3 is 2.60 bits per heavy atom. The van der Waals surface area contributed by atoms with E-state index in [2.05, 4.69) is 17.6 Å². The fraction of sp³-hybridized carbons (Fsp3) is 0.609. The molecule has 1 heterocycles. The summed E-state index contributed by atoms with van der Waals surface area (Å²) in [6.45, 7) is 8.52. The van der Waals surface area contributed by atoms with Crippen molar-refractivity contribution in [1.29, 1.82) is 0 Å². The maximum atomic E-state index is 13.2. The highest BCUT2D eigenvalue weighted by molar-refractivity contribution is 5.98. The van der Waals surface area contributed by atoms with E-state index in [1.54, 1.807) is 24.3 Å². The van der Waals surface area contributed by atoms with Crippen LogP contribution in [0.5, 0.6) is 0 Å². The van der Waals surface area contributed by atoms with Gasteiger partial charge in [0, 0.05) is 36.3 Å². The van der Waals surface area contributed by atoms with Crippen molar-refractivity contribution in [3.8, 4) is 0 Å². The topological polar surface area (TPSA) is 87.7 Å². The molecule has 1 saturated carbocycles. The molecule has 0 aromatic heterocycles. The lowest BCUT2D eigenvalue weighted by Crippen LogP contribution is -2.50. The number of carbonyl (C=O) groups excluding carboxylic acids is 3. The number of hydrogen-bond acceptors (Lipinski definition) is 4. The van der Waals surface area contributed by atoms with E-state index in [9.17, 15) is 14.4 Å². The quantitative estimate of drug-likeness (QED) is 0.766. The summed E-state index contributed by atoms with van der Waals surface area (Å²) in [4.78, 5) is 39.2. The van der Waals surface area contributed by atoms with Crippen molar-refractivity contribution in [3.63, 3.8) is 0 Å². The number of rotatable bonds is 5. The molecular weight excluding hydrogens is 382 g/mol. The molecule has 2 aliphatic rings. The second kappa shape index (κ2) is 9.06. The number of anilines is 1. The van der Waals surface area contributed by atoms with Crippen LogP contribution < -0.4 is 10.6 Å². The molecule has 2 fully saturated rings. The Balaban J connectivity index is 1.62. The lowest BCUT2D eigenvalue weighted by Gasteiger charge is -2.36. The lowest BCUT2D eigenvalue weighted by molar-refractivity contribution is -0.117. The van der Waals surface area contributed by atoms with Crippen molar-refractivity contribution in [2.45, 2.75) is 65.0 Å². The molecule has 3 atom stereocenters. The average molecular weight is 416 g/mol. The molecular formula is C23H33N3O4. The van der Waals surface area contributed by atoms with Crippen LogP contribution in [0.3, 0.4) is 0 Å². The zero-order chi connectivity index (χ0) is 21.9. The summed E-state index contributed by atoms with van der Waals surface area (Å²) in [5.74, 6) is 0.447. The van der Waals surface area contributed by atoms with Crippen LogP contribution in [0.4, 0.5) is 10.5 Å². The van der Waals surface area contributed by atoms with Crippen LogP contribution >= 0.6 is 0 Å². The Kier molecular flexibility index (Phi) is 6.68. The minimum Gasteiger partial charge on any atom is -0.444 e. The molecule has 1 saturated heterocycles. The summed E-state index contributed by atoms with van der Waals surface area (Å²) in [5, 5.41) is 5.72. The largest absolute Gasteiger partial charge is 0.444 e.